The minimum Gasteiger partial charge on any atom is -0.402 e. The molecule has 6 heteroatoms. The molecule has 0 saturated heterocycles. The summed E-state index contributed by atoms with van der Waals surface area (Å²) in [6.07, 6.45) is 0. The van der Waals surface area contributed by atoms with Gasteiger partial charge in [-0.15, -0.1) is 0 Å². The Bertz CT molecular complexity index is 193. The Hall–Kier alpha value is 0.731. The molecule has 1 rings (SSSR count). The molecule has 0 spiro atoms. The van der Waals surface area contributed by atoms with E-state index in [2.05, 4.69) is 0 Å². The van der Waals surface area contributed by atoms with Crippen LogP contribution in [-0.4, -0.2) is 71.3 Å². The first-order chi connectivity index (χ1) is 5.52. The molecule has 0 aliphatic heterocycles. The predicted molar refractivity (Wildman–Crippen MR) is 44.2 cm³/mol. The summed E-state index contributed by atoms with van der Waals surface area (Å²) >= 11 is 0.681. The quantitative estimate of drug-likeness (QED) is 0.446. The van der Waals surface area contributed by atoms with Crippen molar-refractivity contribution < 1.29 is 19.5 Å². The summed E-state index contributed by atoms with van der Waals surface area (Å²) in [6, 6.07) is 6.66. The van der Waals surface area contributed by atoms with Crippen LogP contribution in [-0.2, 0) is 0 Å². The Morgan fingerprint density at radius 2 is 1.42 bits per heavy atom. The second-order valence-electron chi connectivity index (χ2n) is 2.14. The average molecular weight is 196 g/mol. The van der Waals surface area contributed by atoms with E-state index in [9.17, 15) is 4.39 Å². The Morgan fingerprint density at radius 1 is 1.08 bits per heavy atom. The Kier molecular flexibility index (Phi) is 7.60. The first-order valence-electron chi connectivity index (χ1n) is 3.28. The van der Waals surface area contributed by atoms with Crippen LogP contribution in [0.2, 0.25) is 0 Å². The number of benzene rings is 1. The number of hydrogen-bond donors (Lipinski definition) is 3. The molecule has 3 N–H and O–H groups in total. The van der Waals surface area contributed by atoms with E-state index in [1.807, 2.05) is 12.1 Å². The van der Waals surface area contributed by atoms with Crippen molar-refractivity contribution in [3.8, 4) is 0 Å². The van der Waals surface area contributed by atoms with Gasteiger partial charge in [-0.3, -0.25) is 0 Å². The zero-order valence-electron chi connectivity index (χ0n) is 6.61. The third kappa shape index (κ3) is 8.82. The van der Waals surface area contributed by atoms with Gasteiger partial charge in [0.25, 0.3) is 0 Å². The molecule has 0 unspecified atom stereocenters. The first-order valence-corrected chi connectivity index (χ1v) is 4.85. The van der Waals surface area contributed by atoms with E-state index in [0.29, 0.717) is 49.0 Å². The van der Waals surface area contributed by atoms with Crippen LogP contribution < -0.4 is -0.342 Å². The summed E-state index contributed by atoms with van der Waals surface area (Å²) in [4.78, 5) is 0. The second-order valence-corrected chi connectivity index (χ2v) is 3.95. The van der Waals surface area contributed by atoms with Crippen molar-refractivity contribution in [3.05, 3.63) is 30.1 Å². The van der Waals surface area contributed by atoms with Gasteiger partial charge in [0.1, 0.15) is 0 Å². The standard InChI is InChI=1S/C6H4F.BH3O3.K/c7-6-4-2-1-3-5-6;2-1(3)4;/h2-5H;2-4H;. The monoisotopic (exact) mass is 196 g/mol. The third-order valence-electron chi connectivity index (χ3n) is 1.01. The van der Waals surface area contributed by atoms with Gasteiger partial charge in [-0.2, -0.15) is 0 Å². The molecule has 0 amide bonds. The fraction of sp³-hybridized carbons (Fsp3) is 0. The topological polar surface area (TPSA) is 60.7 Å². The Morgan fingerprint density at radius 3 is 1.67 bits per heavy atom. The van der Waals surface area contributed by atoms with Gasteiger partial charge in [0.15, 0.2) is 0 Å². The van der Waals surface area contributed by atoms with Crippen LogP contribution in [0.1, 0.15) is 0 Å². The van der Waals surface area contributed by atoms with Gasteiger partial charge >= 0.3 is 90.4 Å². The van der Waals surface area contributed by atoms with Crippen LogP contribution in [0.3, 0.4) is 0 Å². The molecule has 0 saturated carbocycles. The average Bonchev–Trinajstić information content (AvgIpc) is 1.94. The molecule has 0 radical (unpaired) electrons. The molecular formula is C6H7BFKO3. The molecule has 1 aromatic carbocycles. The zero-order chi connectivity index (χ0) is 9.56. The third-order valence-corrected chi connectivity index (χ3v) is 2.05. The van der Waals surface area contributed by atoms with Gasteiger partial charge in [-0.1, -0.05) is 0 Å². The van der Waals surface area contributed by atoms with E-state index in [1.165, 1.54) is 11.8 Å². The minimum absolute atomic E-state index is 0.141. The van der Waals surface area contributed by atoms with Crippen molar-refractivity contribution >= 4 is 55.9 Å². The minimum atomic E-state index is -2.17. The van der Waals surface area contributed by atoms with E-state index in [1.54, 1.807) is 0 Å². The molecule has 0 fully saturated rings. The van der Waals surface area contributed by atoms with Crippen LogP contribution >= 0.6 is 0 Å². The van der Waals surface area contributed by atoms with Crippen LogP contribution in [0.25, 0.3) is 0 Å². The van der Waals surface area contributed by atoms with Crippen molar-refractivity contribution in [2.75, 3.05) is 0 Å². The van der Waals surface area contributed by atoms with E-state index in [0.717, 1.165) is 0 Å². The molecule has 0 bridgehead atoms. The SMILES string of the molecule is Fc1cc[c]([K])cc1.OB(O)O. The molecule has 0 aliphatic carbocycles. The maximum Gasteiger partial charge on any atom is 0.631 e. The summed E-state index contributed by atoms with van der Waals surface area (Å²) in [5.41, 5.74) is 0. The van der Waals surface area contributed by atoms with E-state index < -0.39 is 7.32 Å². The van der Waals surface area contributed by atoms with Crippen LogP contribution in [0.4, 0.5) is 4.39 Å². The van der Waals surface area contributed by atoms with E-state index in [4.69, 9.17) is 15.1 Å². The largest absolute Gasteiger partial charge is 0.631 e. The van der Waals surface area contributed by atoms with Gasteiger partial charge in [-0.05, 0) is 0 Å². The number of halogens is 1. The summed E-state index contributed by atoms with van der Waals surface area (Å²) in [5, 5.41) is 21.5. The summed E-state index contributed by atoms with van der Waals surface area (Å²) < 4.78 is 13.4. The molecule has 0 aromatic heterocycles. The second kappa shape index (κ2) is 7.17. The van der Waals surface area contributed by atoms with Gasteiger partial charge < -0.3 is 15.1 Å². The van der Waals surface area contributed by atoms with Crippen molar-refractivity contribution in [2.45, 2.75) is 0 Å². The van der Waals surface area contributed by atoms with E-state index in [-0.39, 0.29) is 5.82 Å². The summed E-state index contributed by atoms with van der Waals surface area (Å²) in [5.74, 6) is -0.141. The van der Waals surface area contributed by atoms with Crippen molar-refractivity contribution in [3.63, 3.8) is 0 Å². The van der Waals surface area contributed by atoms with Crippen LogP contribution in [0, 0.1) is 5.82 Å². The molecular weight excluding hydrogens is 189 g/mol. The smallest absolute Gasteiger partial charge is 0.402 e. The maximum atomic E-state index is 12.1. The fourth-order valence-electron chi connectivity index (χ4n) is 0.533. The molecule has 0 heterocycles. The van der Waals surface area contributed by atoms with Crippen molar-refractivity contribution in [1.82, 2.24) is 0 Å². The van der Waals surface area contributed by atoms with Gasteiger partial charge in [0, 0.05) is 0 Å². The van der Waals surface area contributed by atoms with Gasteiger partial charge in [0.2, 0.25) is 0 Å². The van der Waals surface area contributed by atoms with Crippen LogP contribution in [0.5, 0.6) is 0 Å². The molecule has 0 aliphatic rings. The summed E-state index contributed by atoms with van der Waals surface area (Å²) in [6.45, 7) is 0. The predicted octanol–water partition coefficient (Wildman–Crippen LogP) is -1.43. The number of hydrogen-bond acceptors (Lipinski definition) is 3. The van der Waals surface area contributed by atoms with Crippen LogP contribution in [0.15, 0.2) is 24.3 Å². The maximum absolute atomic E-state index is 12.1. The van der Waals surface area contributed by atoms with Gasteiger partial charge in [0.05, 0.1) is 0 Å². The molecule has 3 nitrogen and oxygen atoms in total. The summed E-state index contributed by atoms with van der Waals surface area (Å²) in [7, 11) is -2.17. The Balaban J connectivity index is 0.000000261. The first kappa shape index (κ1) is 12.7. The van der Waals surface area contributed by atoms with Gasteiger partial charge in [-0.25, -0.2) is 0 Å². The zero-order valence-corrected chi connectivity index (χ0v) is 9.73. The van der Waals surface area contributed by atoms with Crippen molar-refractivity contribution in [2.24, 2.45) is 0 Å². The number of rotatable bonds is 0. The molecule has 12 heavy (non-hydrogen) atoms. The fourth-order valence-corrected chi connectivity index (χ4v) is 1.05. The molecule has 1 aromatic rings. The molecule has 0 atom stereocenters. The van der Waals surface area contributed by atoms with Crippen molar-refractivity contribution in [1.29, 1.82) is 0 Å². The normalized spacial score (nSPS) is 8.50. The Labute approximate surface area is 104 Å². The van der Waals surface area contributed by atoms with E-state index >= 15 is 0 Å². The molecule has 60 valence electrons.